The molecule has 0 amide bonds. The highest BCUT2D eigenvalue weighted by Gasteiger charge is 2.24. The standard InChI is InChI=1S/C24H30OSi/c1-4-5-6-13-18-23(22-16-11-8-12-17-22)24(26(2,3)25)20-19-21-14-9-7-10-15-21/h7-20,25H,4-6H2,1-3H3/b18-13+,20-19-,24-23+. The molecule has 0 bridgehead atoms. The fourth-order valence-corrected chi connectivity index (χ4v) is 4.23. The molecule has 1 nitrogen and oxygen atoms in total. The van der Waals surface area contributed by atoms with Crippen molar-refractivity contribution in [3.8, 4) is 0 Å². The van der Waals surface area contributed by atoms with E-state index in [1.54, 1.807) is 0 Å². The van der Waals surface area contributed by atoms with Gasteiger partial charge in [-0.1, -0.05) is 105 Å². The maximum atomic E-state index is 11.0. The van der Waals surface area contributed by atoms with Gasteiger partial charge in [-0.05, 0) is 41.4 Å². The first-order valence-corrected chi connectivity index (χ1v) is 12.4. The van der Waals surface area contributed by atoms with Crippen molar-refractivity contribution >= 4 is 20.0 Å². The van der Waals surface area contributed by atoms with Gasteiger partial charge in [-0.2, -0.15) is 0 Å². The third kappa shape index (κ3) is 6.29. The maximum Gasteiger partial charge on any atom is 0.214 e. The third-order valence-corrected chi connectivity index (χ3v) is 6.04. The summed E-state index contributed by atoms with van der Waals surface area (Å²) in [6, 6.07) is 20.6. The van der Waals surface area contributed by atoms with Crippen LogP contribution >= 0.6 is 0 Å². The van der Waals surface area contributed by atoms with Crippen LogP contribution in [-0.2, 0) is 0 Å². The molecular weight excluding hydrogens is 332 g/mol. The largest absolute Gasteiger partial charge is 0.428 e. The van der Waals surface area contributed by atoms with E-state index in [2.05, 4.69) is 67.6 Å². The van der Waals surface area contributed by atoms with E-state index in [4.69, 9.17) is 0 Å². The van der Waals surface area contributed by atoms with Gasteiger partial charge in [0, 0.05) is 0 Å². The van der Waals surface area contributed by atoms with E-state index < -0.39 is 8.32 Å². The topological polar surface area (TPSA) is 20.2 Å². The molecule has 0 spiro atoms. The Balaban J connectivity index is 2.51. The molecule has 1 N–H and O–H groups in total. The van der Waals surface area contributed by atoms with Gasteiger partial charge in [-0.25, -0.2) is 0 Å². The van der Waals surface area contributed by atoms with Crippen LogP contribution in [0.25, 0.3) is 11.6 Å². The van der Waals surface area contributed by atoms with Crippen molar-refractivity contribution < 1.29 is 4.80 Å². The van der Waals surface area contributed by atoms with Crippen LogP contribution in [0.3, 0.4) is 0 Å². The molecule has 136 valence electrons. The minimum absolute atomic E-state index is 1.06. The van der Waals surface area contributed by atoms with Crippen molar-refractivity contribution in [3.63, 3.8) is 0 Å². The van der Waals surface area contributed by atoms with Gasteiger partial charge in [-0.15, -0.1) is 0 Å². The first kappa shape index (κ1) is 20.2. The molecule has 2 aromatic carbocycles. The molecule has 0 fully saturated rings. The number of unbranched alkanes of at least 4 members (excludes halogenated alkanes) is 2. The number of rotatable bonds is 8. The van der Waals surface area contributed by atoms with E-state index in [9.17, 15) is 4.80 Å². The second kappa shape index (κ2) is 10.1. The minimum Gasteiger partial charge on any atom is -0.428 e. The van der Waals surface area contributed by atoms with Crippen molar-refractivity contribution in [2.24, 2.45) is 0 Å². The highest BCUT2D eigenvalue weighted by Crippen LogP contribution is 2.28. The van der Waals surface area contributed by atoms with Crippen LogP contribution in [0.15, 0.2) is 84.1 Å². The van der Waals surface area contributed by atoms with Crippen LogP contribution < -0.4 is 0 Å². The monoisotopic (exact) mass is 362 g/mol. The molecule has 2 heteroatoms. The summed E-state index contributed by atoms with van der Waals surface area (Å²) < 4.78 is 0. The molecule has 0 saturated heterocycles. The Hall–Kier alpha value is -2.16. The van der Waals surface area contributed by atoms with Gasteiger partial charge in [-0.3, -0.25) is 0 Å². The summed E-state index contributed by atoms with van der Waals surface area (Å²) in [5, 5.41) is 1.06. The Morgan fingerprint density at radius 3 is 2.12 bits per heavy atom. The number of hydrogen-bond donors (Lipinski definition) is 1. The Morgan fingerprint density at radius 1 is 0.923 bits per heavy atom. The molecule has 0 atom stereocenters. The lowest BCUT2D eigenvalue weighted by Gasteiger charge is -2.20. The van der Waals surface area contributed by atoms with Gasteiger partial charge in [0.2, 0.25) is 8.32 Å². The van der Waals surface area contributed by atoms with Crippen molar-refractivity contribution in [3.05, 3.63) is 95.2 Å². The van der Waals surface area contributed by atoms with Gasteiger partial charge in [0.25, 0.3) is 0 Å². The van der Waals surface area contributed by atoms with E-state index in [0.717, 1.165) is 28.3 Å². The molecule has 0 heterocycles. The Morgan fingerprint density at radius 2 is 1.54 bits per heavy atom. The zero-order valence-electron chi connectivity index (χ0n) is 16.2. The van der Waals surface area contributed by atoms with Crippen LogP contribution in [0, 0.1) is 0 Å². The Bertz CT molecular complexity index is 750. The summed E-state index contributed by atoms with van der Waals surface area (Å²) in [6.45, 7) is 6.18. The van der Waals surface area contributed by atoms with Crippen molar-refractivity contribution in [1.82, 2.24) is 0 Å². The predicted octanol–water partition coefficient (Wildman–Crippen LogP) is 6.64. The summed E-state index contributed by atoms with van der Waals surface area (Å²) in [4.78, 5) is 11.0. The SMILES string of the molecule is CCCC/C=C/C(=C(/C=C\c1ccccc1)[Si](C)(C)O)c1ccccc1. The van der Waals surface area contributed by atoms with E-state index in [-0.39, 0.29) is 0 Å². The van der Waals surface area contributed by atoms with Gasteiger partial charge in [0.05, 0.1) is 0 Å². The average Bonchev–Trinajstić information content (AvgIpc) is 2.64. The van der Waals surface area contributed by atoms with Crippen LogP contribution in [-0.4, -0.2) is 13.1 Å². The highest BCUT2D eigenvalue weighted by atomic mass is 28.4. The molecule has 2 rings (SSSR count). The molecule has 26 heavy (non-hydrogen) atoms. The van der Waals surface area contributed by atoms with Gasteiger partial charge < -0.3 is 4.80 Å². The van der Waals surface area contributed by atoms with Crippen molar-refractivity contribution in [2.75, 3.05) is 0 Å². The summed E-state index contributed by atoms with van der Waals surface area (Å²) in [7, 11) is -2.51. The Kier molecular flexibility index (Phi) is 7.83. The molecule has 2 aromatic rings. The summed E-state index contributed by atoms with van der Waals surface area (Å²) in [6.07, 6.45) is 12.1. The molecule has 0 aliphatic carbocycles. The van der Waals surface area contributed by atoms with E-state index in [1.165, 1.54) is 12.8 Å². The van der Waals surface area contributed by atoms with Crippen molar-refractivity contribution in [2.45, 2.75) is 39.3 Å². The smallest absolute Gasteiger partial charge is 0.214 e. The third-order valence-electron chi connectivity index (χ3n) is 4.28. The highest BCUT2D eigenvalue weighted by molar-refractivity contribution is 6.79. The van der Waals surface area contributed by atoms with E-state index >= 15 is 0 Å². The zero-order chi connectivity index (χ0) is 18.8. The predicted molar refractivity (Wildman–Crippen MR) is 117 cm³/mol. The molecule has 0 aliphatic rings. The molecule has 0 aliphatic heterocycles. The first-order valence-electron chi connectivity index (χ1n) is 9.44. The van der Waals surface area contributed by atoms with Crippen LogP contribution in [0.4, 0.5) is 0 Å². The fraction of sp³-hybridized carbons (Fsp3) is 0.250. The second-order valence-electron chi connectivity index (χ2n) is 7.04. The molecular formula is C24H30OSi. The van der Waals surface area contributed by atoms with E-state index in [1.807, 2.05) is 37.4 Å². The molecule has 0 aromatic heterocycles. The maximum absolute atomic E-state index is 11.0. The van der Waals surface area contributed by atoms with Crippen LogP contribution in [0.1, 0.15) is 37.3 Å². The zero-order valence-corrected chi connectivity index (χ0v) is 17.2. The lowest BCUT2D eigenvalue weighted by Crippen LogP contribution is -2.28. The number of allylic oxidation sites excluding steroid dienone is 5. The van der Waals surface area contributed by atoms with Gasteiger partial charge >= 0.3 is 0 Å². The van der Waals surface area contributed by atoms with Gasteiger partial charge in [0.15, 0.2) is 0 Å². The number of benzene rings is 2. The fourth-order valence-electron chi connectivity index (χ4n) is 2.85. The van der Waals surface area contributed by atoms with Crippen LogP contribution in [0.5, 0.6) is 0 Å². The summed E-state index contributed by atoms with van der Waals surface area (Å²) in [5.41, 5.74) is 3.43. The lowest BCUT2D eigenvalue weighted by atomic mass is 10.0. The van der Waals surface area contributed by atoms with Gasteiger partial charge in [0.1, 0.15) is 0 Å². The van der Waals surface area contributed by atoms with E-state index in [0.29, 0.717) is 0 Å². The second-order valence-corrected chi connectivity index (χ2v) is 10.7. The summed E-state index contributed by atoms with van der Waals surface area (Å²) in [5.74, 6) is 0. The first-order chi connectivity index (χ1) is 12.5. The molecule has 0 saturated carbocycles. The molecule has 0 radical (unpaired) electrons. The normalized spacial score (nSPS) is 13.4. The quantitative estimate of drug-likeness (QED) is 0.317. The Labute approximate surface area is 159 Å². The molecule has 0 unspecified atom stereocenters. The lowest BCUT2D eigenvalue weighted by molar-refractivity contribution is 0.564. The average molecular weight is 363 g/mol. The van der Waals surface area contributed by atoms with Crippen molar-refractivity contribution in [1.29, 1.82) is 0 Å². The minimum atomic E-state index is -2.51. The van der Waals surface area contributed by atoms with Crippen LogP contribution in [0.2, 0.25) is 13.1 Å². The summed E-state index contributed by atoms with van der Waals surface area (Å²) >= 11 is 0. The number of hydrogen-bond acceptors (Lipinski definition) is 1.